The Morgan fingerprint density at radius 2 is 1.79 bits per heavy atom. The quantitative estimate of drug-likeness (QED) is 0.895. The van der Waals surface area contributed by atoms with Crippen molar-refractivity contribution < 1.29 is 13.2 Å². The van der Waals surface area contributed by atoms with Crippen molar-refractivity contribution >= 4 is 5.69 Å². The van der Waals surface area contributed by atoms with Crippen molar-refractivity contribution in [2.45, 2.75) is 26.6 Å². The van der Waals surface area contributed by atoms with E-state index >= 15 is 0 Å². The number of hydrogen-bond acceptors (Lipinski definition) is 2. The number of halogens is 3. The summed E-state index contributed by atoms with van der Waals surface area (Å²) < 4.78 is 38.9. The van der Waals surface area contributed by atoms with E-state index in [-0.39, 0.29) is 12.1 Å². The highest BCUT2D eigenvalue weighted by atomic mass is 19.4. The lowest BCUT2D eigenvalue weighted by molar-refractivity contribution is -0.138. The van der Waals surface area contributed by atoms with Crippen LogP contribution in [-0.4, -0.2) is 13.1 Å². The average molecular weight is 272 g/mol. The lowest BCUT2D eigenvalue weighted by Gasteiger charge is -2.21. The highest BCUT2D eigenvalue weighted by Crippen LogP contribution is 2.36. The van der Waals surface area contributed by atoms with Crippen LogP contribution in [0.5, 0.6) is 0 Å². The van der Waals surface area contributed by atoms with Crippen molar-refractivity contribution in [3.63, 3.8) is 0 Å². The standard InChI is InChI=1S/C14H19F3N2/c1-9-7-19(8-10(9)2)12-4-3-11(6-18)13(5-12)14(15,16)17/h3-5,9-10H,6-8,18H2,1-2H3. The Balaban J connectivity index is 2.34. The van der Waals surface area contributed by atoms with E-state index in [2.05, 4.69) is 13.8 Å². The molecule has 0 aromatic heterocycles. The van der Waals surface area contributed by atoms with Gasteiger partial charge in [0.2, 0.25) is 0 Å². The number of anilines is 1. The molecule has 0 spiro atoms. The molecule has 1 saturated heterocycles. The minimum atomic E-state index is -4.35. The van der Waals surface area contributed by atoms with Crippen LogP contribution in [-0.2, 0) is 12.7 Å². The molecule has 2 unspecified atom stereocenters. The first-order chi connectivity index (χ1) is 8.82. The van der Waals surface area contributed by atoms with Crippen LogP contribution in [0.1, 0.15) is 25.0 Å². The minimum absolute atomic E-state index is 0.0953. The van der Waals surface area contributed by atoms with Gasteiger partial charge in [-0.1, -0.05) is 19.9 Å². The van der Waals surface area contributed by atoms with Gasteiger partial charge in [0.15, 0.2) is 0 Å². The molecule has 0 aliphatic carbocycles. The molecule has 0 bridgehead atoms. The van der Waals surface area contributed by atoms with Crippen LogP contribution in [0, 0.1) is 11.8 Å². The molecule has 19 heavy (non-hydrogen) atoms. The smallest absolute Gasteiger partial charge is 0.371 e. The van der Waals surface area contributed by atoms with Crippen molar-refractivity contribution in [1.29, 1.82) is 0 Å². The second-order valence-corrected chi connectivity index (χ2v) is 5.40. The van der Waals surface area contributed by atoms with E-state index in [1.807, 2.05) is 4.90 Å². The fourth-order valence-corrected chi connectivity index (χ4v) is 2.54. The molecule has 1 aliphatic heterocycles. The van der Waals surface area contributed by atoms with Gasteiger partial charge in [0.25, 0.3) is 0 Å². The Morgan fingerprint density at radius 1 is 1.21 bits per heavy atom. The Bertz CT molecular complexity index is 446. The Hall–Kier alpha value is -1.23. The van der Waals surface area contributed by atoms with Crippen LogP contribution in [0.2, 0.25) is 0 Å². The third-order valence-electron chi connectivity index (χ3n) is 3.97. The van der Waals surface area contributed by atoms with Crippen molar-refractivity contribution in [2.75, 3.05) is 18.0 Å². The molecule has 1 heterocycles. The van der Waals surface area contributed by atoms with Gasteiger partial charge in [0.05, 0.1) is 5.56 Å². The first-order valence-electron chi connectivity index (χ1n) is 6.48. The molecular weight excluding hydrogens is 253 g/mol. The summed E-state index contributed by atoms with van der Waals surface area (Å²) in [6, 6.07) is 4.46. The first-order valence-corrected chi connectivity index (χ1v) is 6.48. The zero-order valence-corrected chi connectivity index (χ0v) is 11.2. The molecule has 5 heteroatoms. The maximum absolute atomic E-state index is 13.0. The molecule has 1 aromatic rings. The van der Waals surface area contributed by atoms with Crippen LogP contribution in [0.25, 0.3) is 0 Å². The van der Waals surface area contributed by atoms with E-state index in [9.17, 15) is 13.2 Å². The number of benzene rings is 1. The number of hydrogen-bond donors (Lipinski definition) is 1. The van der Waals surface area contributed by atoms with E-state index in [0.717, 1.165) is 13.1 Å². The third-order valence-corrected chi connectivity index (χ3v) is 3.97. The zero-order chi connectivity index (χ0) is 14.2. The topological polar surface area (TPSA) is 29.3 Å². The summed E-state index contributed by atoms with van der Waals surface area (Å²) in [7, 11) is 0. The summed E-state index contributed by atoms with van der Waals surface area (Å²) in [6.07, 6.45) is -4.35. The molecule has 0 amide bonds. The molecular formula is C14H19F3N2. The monoisotopic (exact) mass is 272 g/mol. The Labute approximate surface area is 111 Å². The van der Waals surface area contributed by atoms with Crippen LogP contribution < -0.4 is 10.6 Å². The highest BCUT2D eigenvalue weighted by molar-refractivity contribution is 5.52. The molecule has 2 N–H and O–H groups in total. The molecule has 1 fully saturated rings. The van der Waals surface area contributed by atoms with Crippen LogP contribution in [0.4, 0.5) is 18.9 Å². The SMILES string of the molecule is CC1CN(c2ccc(CN)c(C(F)(F)F)c2)CC1C. The van der Waals surface area contributed by atoms with E-state index < -0.39 is 11.7 Å². The predicted molar refractivity (Wildman–Crippen MR) is 69.9 cm³/mol. The van der Waals surface area contributed by atoms with Crippen molar-refractivity contribution in [3.8, 4) is 0 Å². The van der Waals surface area contributed by atoms with Crippen molar-refractivity contribution in [1.82, 2.24) is 0 Å². The molecule has 2 rings (SSSR count). The maximum atomic E-state index is 13.0. The van der Waals surface area contributed by atoms with Crippen LogP contribution in [0.3, 0.4) is 0 Å². The van der Waals surface area contributed by atoms with E-state index in [1.54, 1.807) is 6.07 Å². The fraction of sp³-hybridized carbons (Fsp3) is 0.571. The predicted octanol–water partition coefficient (Wildman–Crippen LogP) is 3.26. The molecule has 106 valence electrons. The van der Waals surface area contributed by atoms with Crippen LogP contribution >= 0.6 is 0 Å². The number of nitrogens with two attached hydrogens (primary N) is 1. The van der Waals surface area contributed by atoms with Crippen molar-refractivity contribution in [3.05, 3.63) is 29.3 Å². The lowest BCUT2D eigenvalue weighted by Crippen LogP contribution is -2.21. The fourth-order valence-electron chi connectivity index (χ4n) is 2.54. The summed E-state index contributed by atoms with van der Waals surface area (Å²) in [5, 5.41) is 0. The Morgan fingerprint density at radius 3 is 2.26 bits per heavy atom. The lowest BCUT2D eigenvalue weighted by atomic mass is 10.0. The summed E-state index contributed by atoms with van der Waals surface area (Å²) in [5.74, 6) is 1.01. The summed E-state index contributed by atoms with van der Waals surface area (Å²) in [5.41, 5.74) is 5.56. The second-order valence-electron chi connectivity index (χ2n) is 5.40. The van der Waals surface area contributed by atoms with Gasteiger partial charge in [0, 0.05) is 25.3 Å². The molecule has 0 saturated carbocycles. The van der Waals surface area contributed by atoms with Gasteiger partial charge in [-0.25, -0.2) is 0 Å². The van der Waals surface area contributed by atoms with Gasteiger partial charge in [0.1, 0.15) is 0 Å². The van der Waals surface area contributed by atoms with Gasteiger partial charge < -0.3 is 10.6 Å². The minimum Gasteiger partial charge on any atom is -0.371 e. The van der Waals surface area contributed by atoms with Gasteiger partial charge in [-0.15, -0.1) is 0 Å². The van der Waals surface area contributed by atoms with Gasteiger partial charge in [-0.3, -0.25) is 0 Å². The third kappa shape index (κ3) is 2.86. The highest BCUT2D eigenvalue weighted by Gasteiger charge is 2.34. The van der Waals surface area contributed by atoms with Gasteiger partial charge in [-0.2, -0.15) is 13.2 Å². The number of rotatable bonds is 2. The normalized spacial score (nSPS) is 24.0. The van der Waals surface area contributed by atoms with E-state index in [4.69, 9.17) is 5.73 Å². The van der Waals surface area contributed by atoms with Crippen LogP contribution in [0.15, 0.2) is 18.2 Å². The second kappa shape index (κ2) is 5.04. The maximum Gasteiger partial charge on any atom is 0.416 e. The average Bonchev–Trinajstić information content (AvgIpc) is 2.68. The van der Waals surface area contributed by atoms with Gasteiger partial charge in [-0.05, 0) is 29.5 Å². The molecule has 2 nitrogen and oxygen atoms in total. The largest absolute Gasteiger partial charge is 0.416 e. The summed E-state index contributed by atoms with van der Waals surface area (Å²) in [4.78, 5) is 2.02. The molecule has 0 radical (unpaired) electrons. The molecule has 1 aromatic carbocycles. The summed E-state index contributed by atoms with van der Waals surface area (Å²) >= 11 is 0. The first kappa shape index (κ1) is 14.2. The van der Waals surface area contributed by atoms with Crippen molar-refractivity contribution in [2.24, 2.45) is 17.6 Å². The summed E-state index contributed by atoms with van der Waals surface area (Å²) in [6.45, 7) is 5.77. The molecule has 1 aliphatic rings. The van der Waals surface area contributed by atoms with E-state index in [0.29, 0.717) is 17.5 Å². The van der Waals surface area contributed by atoms with Gasteiger partial charge >= 0.3 is 6.18 Å². The molecule has 2 atom stereocenters. The Kier molecular flexibility index (Phi) is 3.76. The van der Waals surface area contributed by atoms with E-state index in [1.165, 1.54) is 12.1 Å². The zero-order valence-electron chi connectivity index (χ0n) is 11.2. The number of nitrogens with zero attached hydrogens (tertiary/aromatic N) is 1. The number of alkyl halides is 3.